The SMILES string of the molecule is C[C@@H](C(=O)O)c1ccc(CC2CCCC2)cc1. The third-order valence-electron chi connectivity index (χ3n) is 3.85. The highest BCUT2D eigenvalue weighted by molar-refractivity contribution is 5.75. The molecule has 0 spiro atoms. The van der Waals surface area contributed by atoms with Crippen LogP contribution in [-0.4, -0.2) is 11.1 Å². The molecule has 0 aliphatic heterocycles. The molecule has 2 rings (SSSR count). The number of carboxylic acid groups (broad SMARTS) is 1. The number of hydrogen-bond acceptors (Lipinski definition) is 1. The van der Waals surface area contributed by atoms with Crippen molar-refractivity contribution in [2.24, 2.45) is 5.92 Å². The van der Waals surface area contributed by atoms with Gasteiger partial charge in [0.05, 0.1) is 5.92 Å². The van der Waals surface area contributed by atoms with E-state index in [1.807, 2.05) is 12.1 Å². The summed E-state index contributed by atoms with van der Waals surface area (Å²) in [5.74, 6) is -0.318. The van der Waals surface area contributed by atoms with E-state index in [9.17, 15) is 4.79 Å². The van der Waals surface area contributed by atoms with Crippen molar-refractivity contribution >= 4 is 5.97 Å². The minimum atomic E-state index is -0.756. The van der Waals surface area contributed by atoms with Crippen molar-refractivity contribution in [2.45, 2.75) is 44.9 Å². The number of benzene rings is 1. The van der Waals surface area contributed by atoms with Crippen molar-refractivity contribution in [3.8, 4) is 0 Å². The van der Waals surface area contributed by atoms with Crippen LogP contribution in [-0.2, 0) is 11.2 Å². The molecular formula is C15H20O2. The van der Waals surface area contributed by atoms with Gasteiger partial charge >= 0.3 is 5.97 Å². The zero-order valence-electron chi connectivity index (χ0n) is 10.4. The van der Waals surface area contributed by atoms with E-state index < -0.39 is 11.9 Å². The lowest BCUT2D eigenvalue weighted by Crippen LogP contribution is -2.07. The normalized spacial score (nSPS) is 18.2. The number of hydrogen-bond donors (Lipinski definition) is 1. The van der Waals surface area contributed by atoms with Crippen molar-refractivity contribution in [2.75, 3.05) is 0 Å². The summed E-state index contributed by atoms with van der Waals surface area (Å²) in [7, 11) is 0. The van der Waals surface area contributed by atoms with Crippen LogP contribution >= 0.6 is 0 Å². The predicted octanol–water partition coefficient (Wildman–Crippen LogP) is 3.61. The Bertz CT molecular complexity index is 374. The molecule has 2 nitrogen and oxygen atoms in total. The van der Waals surface area contributed by atoms with Gasteiger partial charge in [-0.25, -0.2) is 0 Å². The van der Waals surface area contributed by atoms with Crippen LogP contribution in [0, 0.1) is 5.92 Å². The second-order valence-corrected chi connectivity index (χ2v) is 5.16. The monoisotopic (exact) mass is 232 g/mol. The van der Waals surface area contributed by atoms with E-state index in [-0.39, 0.29) is 0 Å². The average molecular weight is 232 g/mol. The van der Waals surface area contributed by atoms with Gasteiger partial charge in [0.25, 0.3) is 0 Å². The Hall–Kier alpha value is -1.31. The van der Waals surface area contributed by atoms with Crippen molar-refractivity contribution in [1.29, 1.82) is 0 Å². The lowest BCUT2D eigenvalue weighted by atomic mass is 9.95. The van der Waals surface area contributed by atoms with E-state index in [1.54, 1.807) is 6.92 Å². The Kier molecular flexibility index (Phi) is 3.82. The van der Waals surface area contributed by atoms with Gasteiger partial charge in [-0.1, -0.05) is 49.9 Å². The third-order valence-corrected chi connectivity index (χ3v) is 3.85. The molecule has 0 aromatic heterocycles. The van der Waals surface area contributed by atoms with Crippen molar-refractivity contribution in [3.05, 3.63) is 35.4 Å². The highest BCUT2D eigenvalue weighted by Gasteiger charge is 2.16. The molecule has 1 aliphatic rings. The van der Waals surface area contributed by atoms with Gasteiger partial charge in [0.1, 0.15) is 0 Å². The van der Waals surface area contributed by atoms with E-state index in [2.05, 4.69) is 12.1 Å². The summed E-state index contributed by atoms with van der Waals surface area (Å²) >= 11 is 0. The van der Waals surface area contributed by atoms with Crippen LogP contribution in [0.3, 0.4) is 0 Å². The number of rotatable bonds is 4. The summed E-state index contributed by atoms with van der Waals surface area (Å²) in [6.07, 6.45) is 6.61. The summed E-state index contributed by atoms with van der Waals surface area (Å²) < 4.78 is 0. The molecule has 0 amide bonds. The smallest absolute Gasteiger partial charge is 0.310 e. The molecular weight excluding hydrogens is 212 g/mol. The second-order valence-electron chi connectivity index (χ2n) is 5.16. The third kappa shape index (κ3) is 3.09. The Balaban J connectivity index is 1.99. The van der Waals surface area contributed by atoms with Gasteiger partial charge in [-0.05, 0) is 30.4 Å². The molecule has 92 valence electrons. The van der Waals surface area contributed by atoms with Crippen molar-refractivity contribution in [1.82, 2.24) is 0 Å². The summed E-state index contributed by atoms with van der Waals surface area (Å²) in [5.41, 5.74) is 2.24. The van der Waals surface area contributed by atoms with E-state index in [0.717, 1.165) is 17.9 Å². The Morgan fingerprint density at radius 2 is 1.88 bits per heavy atom. The largest absolute Gasteiger partial charge is 0.481 e. The van der Waals surface area contributed by atoms with E-state index >= 15 is 0 Å². The molecule has 1 atom stereocenters. The minimum Gasteiger partial charge on any atom is -0.481 e. The van der Waals surface area contributed by atoms with Gasteiger partial charge in [-0.3, -0.25) is 4.79 Å². The first-order chi connectivity index (χ1) is 8.16. The van der Waals surface area contributed by atoms with E-state index in [1.165, 1.54) is 31.2 Å². The first kappa shape index (κ1) is 12.2. The maximum absolute atomic E-state index is 10.9. The lowest BCUT2D eigenvalue weighted by molar-refractivity contribution is -0.138. The molecule has 1 fully saturated rings. The van der Waals surface area contributed by atoms with Crippen LogP contribution in [0.2, 0.25) is 0 Å². The van der Waals surface area contributed by atoms with Crippen LogP contribution in [0.4, 0.5) is 0 Å². The van der Waals surface area contributed by atoms with Crippen LogP contribution in [0.1, 0.15) is 49.7 Å². The maximum Gasteiger partial charge on any atom is 0.310 e. The topological polar surface area (TPSA) is 37.3 Å². The highest BCUT2D eigenvalue weighted by Crippen LogP contribution is 2.28. The van der Waals surface area contributed by atoms with Gasteiger partial charge in [-0.15, -0.1) is 0 Å². The molecule has 1 saturated carbocycles. The second kappa shape index (κ2) is 5.35. The molecule has 1 aromatic rings. The molecule has 0 unspecified atom stereocenters. The van der Waals surface area contributed by atoms with Gasteiger partial charge < -0.3 is 5.11 Å². The predicted molar refractivity (Wildman–Crippen MR) is 68.2 cm³/mol. The fourth-order valence-corrected chi connectivity index (χ4v) is 2.63. The molecule has 0 bridgehead atoms. The Labute approximate surface area is 103 Å². The highest BCUT2D eigenvalue weighted by atomic mass is 16.4. The summed E-state index contributed by atoms with van der Waals surface area (Å²) in [4.78, 5) is 10.9. The van der Waals surface area contributed by atoms with Crippen LogP contribution in [0.25, 0.3) is 0 Å². The molecule has 1 aromatic carbocycles. The van der Waals surface area contributed by atoms with E-state index in [0.29, 0.717) is 0 Å². The standard InChI is InChI=1S/C15H20O2/c1-11(15(16)17)14-8-6-13(7-9-14)10-12-4-2-3-5-12/h6-9,11-12H,2-5,10H2,1H3,(H,16,17)/t11-/m1/s1. The minimum absolute atomic E-state index is 0.407. The maximum atomic E-state index is 10.9. The van der Waals surface area contributed by atoms with Gasteiger partial charge in [-0.2, -0.15) is 0 Å². The summed E-state index contributed by atoms with van der Waals surface area (Å²) in [6, 6.07) is 8.10. The molecule has 2 heteroatoms. The fourth-order valence-electron chi connectivity index (χ4n) is 2.63. The quantitative estimate of drug-likeness (QED) is 0.861. The number of carbonyl (C=O) groups is 1. The molecule has 1 N–H and O–H groups in total. The van der Waals surface area contributed by atoms with Crippen LogP contribution < -0.4 is 0 Å². The van der Waals surface area contributed by atoms with Crippen molar-refractivity contribution < 1.29 is 9.90 Å². The van der Waals surface area contributed by atoms with Crippen LogP contribution in [0.5, 0.6) is 0 Å². The number of aliphatic carboxylic acids is 1. The molecule has 0 heterocycles. The average Bonchev–Trinajstić information content (AvgIpc) is 2.82. The van der Waals surface area contributed by atoms with E-state index in [4.69, 9.17) is 5.11 Å². The Morgan fingerprint density at radius 3 is 2.41 bits per heavy atom. The first-order valence-corrected chi connectivity index (χ1v) is 6.48. The fraction of sp³-hybridized carbons (Fsp3) is 0.533. The number of carboxylic acids is 1. The Morgan fingerprint density at radius 1 is 1.29 bits per heavy atom. The van der Waals surface area contributed by atoms with Crippen LogP contribution in [0.15, 0.2) is 24.3 Å². The molecule has 17 heavy (non-hydrogen) atoms. The first-order valence-electron chi connectivity index (χ1n) is 6.48. The summed E-state index contributed by atoms with van der Waals surface area (Å²) in [5, 5.41) is 8.93. The van der Waals surface area contributed by atoms with Gasteiger partial charge in [0.2, 0.25) is 0 Å². The zero-order chi connectivity index (χ0) is 12.3. The van der Waals surface area contributed by atoms with Gasteiger partial charge in [0.15, 0.2) is 0 Å². The van der Waals surface area contributed by atoms with Gasteiger partial charge in [0, 0.05) is 0 Å². The lowest BCUT2D eigenvalue weighted by Gasteiger charge is -2.11. The zero-order valence-corrected chi connectivity index (χ0v) is 10.4. The van der Waals surface area contributed by atoms with Crippen molar-refractivity contribution in [3.63, 3.8) is 0 Å². The molecule has 0 radical (unpaired) electrons. The summed E-state index contributed by atoms with van der Waals surface area (Å²) in [6.45, 7) is 1.73. The molecule has 1 aliphatic carbocycles. The molecule has 0 saturated heterocycles.